The number of carbonyl (C=O) groups is 1. The van der Waals surface area contributed by atoms with Crippen LogP contribution in [0.25, 0.3) is 0 Å². The van der Waals surface area contributed by atoms with E-state index in [4.69, 9.17) is 34.8 Å². The highest BCUT2D eigenvalue weighted by molar-refractivity contribution is 6.42. The molecule has 3 rings (SSSR count). The molecule has 134 valence electrons. The predicted octanol–water partition coefficient (Wildman–Crippen LogP) is 4.90. The third-order valence-corrected chi connectivity index (χ3v) is 5.45. The zero-order valence-corrected chi connectivity index (χ0v) is 16.6. The standard InChI is InChI=1S/C18H17Cl3N2O.ClH/c1-23(18(24)11-2-5-13(19)6-3-11)17-10-22-9-14(17)12-4-7-15(20)16(21)8-12;/h2-8,14,17,22H,9-10H2,1H3;1H/t14-,17+;/m0./s1. The average molecular weight is 420 g/mol. The molecule has 2 aromatic carbocycles. The van der Waals surface area contributed by atoms with E-state index in [0.29, 0.717) is 20.6 Å². The van der Waals surface area contributed by atoms with Crippen LogP contribution < -0.4 is 5.32 Å². The second-order valence-electron chi connectivity index (χ2n) is 5.93. The molecule has 0 aromatic heterocycles. The van der Waals surface area contributed by atoms with Crippen molar-refractivity contribution in [2.75, 3.05) is 20.1 Å². The molecule has 1 amide bonds. The Morgan fingerprint density at radius 3 is 2.36 bits per heavy atom. The molecule has 25 heavy (non-hydrogen) atoms. The van der Waals surface area contributed by atoms with Crippen LogP contribution in [0.4, 0.5) is 0 Å². The SMILES string of the molecule is CN(C(=O)c1ccc(Cl)cc1)[C@@H]1CNC[C@H]1c1ccc(Cl)c(Cl)c1.Cl. The van der Waals surface area contributed by atoms with Crippen LogP contribution in [-0.4, -0.2) is 37.0 Å². The van der Waals surface area contributed by atoms with Gasteiger partial charge in [0.05, 0.1) is 16.1 Å². The molecule has 1 heterocycles. The monoisotopic (exact) mass is 418 g/mol. The molecule has 0 saturated carbocycles. The molecule has 2 atom stereocenters. The Morgan fingerprint density at radius 2 is 1.72 bits per heavy atom. The lowest BCUT2D eigenvalue weighted by molar-refractivity contribution is 0.0732. The van der Waals surface area contributed by atoms with Crippen molar-refractivity contribution in [2.45, 2.75) is 12.0 Å². The molecule has 0 aliphatic carbocycles. The van der Waals surface area contributed by atoms with Gasteiger partial charge in [-0.05, 0) is 42.0 Å². The summed E-state index contributed by atoms with van der Waals surface area (Å²) in [5, 5.41) is 5.05. The summed E-state index contributed by atoms with van der Waals surface area (Å²) >= 11 is 18.0. The Morgan fingerprint density at radius 1 is 1.04 bits per heavy atom. The number of hydrogen-bond acceptors (Lipinski definition) is 2. The predicted molar refractivity (Wildman–Crippen MR) is 107 cm³/mol. The maximum absolute atomic E-state index is 12.7. The number of benzene rings is 2. The van der Waals surface area contributed by atoms with Crippen LogP contribution in [0.15, 0.2) is 42.5 Å². The third kappa shape index (κ3) is 4.42. The fourth-order valence-electron chi connectivity index (χ4n) is 3.10. The zero-order valence-electron chi connectivity index (χ0n) is 13.5. The van der Waals surface area contributed by atoms with E-state index in [0.717, 1.165) is 18.7 Å². The molecule has 0 bridgehead atoms. The highest BCUT2D eigenvalue weighted by Crippen LogP contribution is 2.31. The van der Waals surface area contributed by atoms with E-state index < -0.39 is 0 Å². The van der Waals surface area contributed by atoms with Crippen LogP contribution in [0, 0.1) is 0 Å². The van der Waals surface area contributed by atoms with Gasteiger partial charge in [0.15, 0.2) is 0 Å². The molecule has 0 unspecified atom stereocenters. The van der Waals surface area contributed by atoms with Gasteiger partial charge in [0.2, 0.25) is 0 Å². The lowest BCUT2D eigenvalue weighted by atomic mass is 9.93. The van der Waals surface area contributed by atoms with Crippen molar-refractivity contribution in [3.05, 3.63) is 68.7 Å². The lowest BCUT2D eigenvalue weighted by Crippen LogP contribution is -2.41. The highest BCUT2D eigenvalue weighted by atomic mass is 35.5. The topological polar surface area (TPSA) is 32.3 Å². The van der Waals surface area contributed by atoms with Crippen molar-refractivity contribution in [2.24, 2.45) is 0 Å². The van der Waals surface area contributed by atoms with Gasteiger partial charge in [-0.3, -0.25) is 4.79 Å². The van der Waals surface area contributed by atoms with Gasteiger partial charge in [0.25, 0.3) is 5.91 Å². The summed E-state index contributed by atoms with van der Waals surface area (Å²) in [5.41, 5.74) is 1.71. The molecular formula is C18H18Cl4N2O. The summed E-state index contributed by atoms with van der Waals surface area (Å²) in [6.45, 7) is 1.53. The van der Waals surface area contributed by atoms with E-state index >= 15 is 0 Å². The van der Waals surface area contributed by atoms with Gasteiger partial charge in [-0.2, -0.15) is 0 Å². The summed E-state index contributed by atoms with van der Waals surface area (Å²) in [4.78, 5) is 14.5. The van der Waals surface area contributed by atoms with Gasteiger partial charge < -0.3 is 10.2 Å². The van der Waals surface area contributed by atoms with E-state index in [9.17, 15) is 4.79 Å². The molecule has 1 saturated heterocycles. The largest absolute Gasteiger partial charge is 0.337 e. The van der Waals surface area contributed by atoms with Crippen LogP contribution in [-0.2, 0) is 0 Å². The molecular weight excluding hydrogens is 402 g/mol. The number of amides is 1. The fraction of sp³-hybridized carbons (Fsp3) is 0.278. The van der Waals surface area contributed by atoms with Crippen molar-refractivity contribution in [1.82, 2.24) is 10.2 Å². The Hall–Kier alpha value is -0.970. The molecule has 1 N–H and O–H groups in total. The first-order chi connectivity index (χ1) is 11.5. The maximum Gasteiger partial charge on any atom is 0.253 e. The first-order valence-electron chi connectivity index (χ1n) is 7.66. The first-order valence-corrected chi connectivity index (χ1v) is 8.79. The number of nitrogens with zero attached hydrogens (tertiary/aromatic N) is 1. The molecule has 2 aromatic rings. The quantitative estimate of drug-likeness (QED) is 0.767. The number of nitrogens with one attached hydrogen (secondary N) is 1. The second-order valence-corrected chi connectivity index (χ2v) is 7.18. The summed E-state index contributed by atoms with van der Waals surface area (Å²) in [7, 11) is 1.83. The summed E-state index contributed by atoms with van der Waals surface area (Å²) in [5.74, 6) is 0.145. The molecule has 7 heteroatoms. The first kappa shape index (κ1) is 20.3. The van der Waals surface area contributed by atoms with Gasteiger partial charge in [-0.15, -0.1) is 12.4 Å². The number of halogens is 4. The minimum Gasteiger partial charge on any atom is -0.337 e. The van der Waals surface area contributed by atoms with E-state index in [-0.39, 0.29) is 30.3 Å². The van der Waals surface area contributed by atoms with E-state index in [2.05, 4.69) is 5.32 Å². The Labute approximate surface area is 168 Å². The summed E-state index contributed by atoms with van der Waals surface area (Å²) in [6, 6.07) is 12.7. The summed E-state index contributed by atoms with van der Waals surface area (Å²) in [6.07, 6.45) is 0. The van der Waals surface area contributed by atoms with Crippen LogP contribution in [0.5, 0.6) is 0 Å². The van der Waals surface area contributed by atoms with Gasteiger partial charge in [0, 0.05) is 36.6 Å². The van der Waals surface area contributed by atoms with E-state index in [1.54, 1.807) is 35.2 Å². The van der Waals surface area contributed by atoms with E-state index in [1.165, 1.54) is 0 Å². The Bertz CT molecular complexity index is 751. The van der Waals surface area contributed by atoms with Crippen molar-refractivity contribution >= 4 is 53.1 Å². The number of likely N-dealkylation sites (N-methyl/N-ethyl adjacent to an activating group) is 1. The number of hydrogen-bond donors (Lipinski definition) is 1. The van der Waals surface area contributed by atoms with Gasteiger partial charge in [-0.25, -0.2) is 0 Å². The molecule has 1 fully saturated rings. The van der Waals surface area contributed by atoms with Crippen LogP contribution >= 0.6 is 47.2 Å². The molecule has 3 nitrogen and oxygen atoms in total. The van der Waals surface area contributed by atoms with E-state index in [1.807, 2.05) is 19.2 Å². The van der Waals surface area contributed by atoms with Gasteiger partial charge >= 0.3 is 0 Å². The Balaban J connectivity index is 0.00000225. The third-order valence-electron chi connectivity index (χ3n) is 4.46. The zero-order chi connectivity index (χ0) is 17.3. The van der Waals surface area contributed by atoms with Gasteiger partial charge in [0.1, 0.15) is 0 Å². The van der Waals surface area contributed by atoms with Crippen LogP contribution in [0.2, 0.25) is 15.1 Å². The number of carbonyl (C=O) groups excluding carboxylic acids is 1. The average Bonchev–Trinajstić information content (AvgIpc) is 3.06. The van der Waals surface area contributed by atoms with Crippen molar-refractivity contribution in [3.63, 3.8) is 0 Å². The molecule has 1 aliphatic heterocycles. The molecule has 1 aliphatic rings. The maximum atomic E-state index is 12.7. The van der Waals surface area contributed by atoms with Crippen LogP contribution in [0.1, 0.15) is 21.8 Å². The second kappa shape index (κ2) is 8.61. The summed E-state index contributed by atoms with van der Waals surface area (Å²) < 4.78 is 0. The minimum absolute atomic E-state index is 0. The normalized spacial score (nSPS) is 19.4. The van der Waals surface area contributed by atoms with Crippen LogP contribution in [0.3, 0.4) is 0 Å². The van der Waals surface area contributed by atoms with Crippen molar-refractivity contribution < 1.29 is 4.79 Å². The lowest BCUT2D eigenvalue weighted by Gasteiger charge is -2.29. The number of rotatable bonds is 3. The molecule has 0 spiro atoms. The van der Waals surface area contributed by atoms with Crippen molar-refractivity contribution in [1.29, 1.82) is 0 Å². The smallest absolute Gasteiger partial charge is 0.253 e. The minimum atomic E-state index is -0.0228. The van der Waals surface area contributed by atoms with Crippen molar-refractivity contribution in [3.8, 4) is 0 Å². The highest BCUT2D eigenvalue weighted by Gasteiger charge is 2.34. The fourth-order valence-corrected chi connectivity index (χ4v) is 3.53. The van der Waals surface area contributed by atoms with Gasteiger partial charge in [-0.1, -0.05) is 40.9 Å². The Kier molecular flexibility index (Phi) is 7.01. The molecule has 0 radical (unpaired) electrons.